The van der Waals surface area contributed by atoms with Crippen LogP contribution >= 0.6 is 0 Å². The molecule has 1 aliphatic heterocycles. The maximum atomic E-state index is 13.0. The van der Waals surface area contributed by atoms with E-state index in [1.165, 1.54) is 33.3 Å². The molecule has 0 bridgehead atoms. The minimum Gasteiger partial charge on any atom is -0.335 e. The van der Waals surface area contributed by atoms with Crippen molar-refractivity contribution in [3.8, 4) is 0 Å². The normalized spacial score (nSPS) is 17.3. The Bertz CT molecular complexity index is 1080. The molecule has 2 aromatic rings. The Morgan fingerprint density at radius 1 is 1.07 bits per heavy atom. The van der Waals surface area contributed by atoms with Gasteiger partial charge in [0.1, 0.15) is 0 Å². The SMILES string of the molecule is Cc1ccc([N+](=O)[O-])cc1S(=O)(=O)N1CCCN(S(=O)(=O)c2cnc[nH]2)CC1. The van der Waals surface area contributed by atoms with E-state index in [-0.39, 0.29) is 41.8 Å². The van der Waals surface area contributed by atoms with Gasteiger partial charge in [0.25, 0.3) is 15.7 Å². The molecule has 1 aliphatic rings. The number of aromatic amines is 1. The van der Waals surface area contributed by atoms with Crippen molar-refractivity contribution in [3.05, 3.63) is 46.4 Å². The Balaban J connectivity index is 1.86. The molecular weight excluding hydrogens is 410 g/mol. The molecule has 0 aliphatic carbocycles. The Morgan fingerprint density at radius 2 is 1.71 bits per heavy atom. The molecule has 1 saturated heterocycles. The lowest BCUT2D eigenvalue weighted by molar-refractivity contribution is -0.385. The first-order chi connectivity index (χ1) is 13.1. The van der Waals surface area contributed by atoms with Crippen LogP contribution < -0.4 is 0 Å². The van der Waals surface area contributed by atoms with Gasteiger partial charge in [-0.25, -0.2) is 21.8 Å². The predicted octanol–water partition coefficient (Wildman–Crippen LogP) is 0.712. The molecule has 28 heavy (non-hydrogen) atoms. The van der Waals surface area contributed by atoms with Crippen molar-refractivity contribution in [3.63, 3.8) is 0 Å². The fourth-order valence-electron chi connectivity index (χ4n) is 2.99. The number of non-ortho nitro benzene ring substituents is 1. The molecule has 0 atom stereocenters. The molecular formula is C15H19N5O6S2. The van der Waals surface area contributed by atoms with Gasteiger partial charge < -0.3 is 4.98 Å². The molecule has 0 unspecified atom stereocenters. The van der Waals surface area contributed by atoms with Crippen molar-refractivity contribution in [2.24, 2.45) is 0 Å². The molecule has 3 rings (SSSR count). The summed E-state index contributed by atoms with van der Waals surface area (Å²) >= 11 is 0. The minimum absolute atomic E-state index is 0.0332. The lowest BCUT2D eigenvalue weighted by Crippen LogP contribution is -2.37. The third kappa shape index (κ3) is 3.78. The summed E-state index contributed by atoms with van der Waals surface area (Å²) < 4.78 is 53.7. The second-order valence-electron chi connectivity index (χ2n) is 6.28. The molecule has 0 radical (unpaired) electrons. The second-order valence-corrected chi connectivity index (χ2v) is 10.1. The van der Waals surface area contributed by atoms with Gasteiger partial charge >= 0.3 is 0 Å². The van der Waals surface area contributed by atoms with Gasteiger partial charge in [-0.15, -0.1) is 0 Å². The molecule has 1 N–H and O–H groups in total. The van der Waals surface area contributed by atoms with Crippen LogP contribution in [-0.4, -0.2) is 66.5 Å². The highest BCUT2D eigenvalue weighted by Gasteiger charge is 2.33. The number of benzene rings is 1. The summed E-state index contributed by atoms with van der Waals surface area (Å²) in [6, 6.07) is 3.67. The van der Waals surface area contributed by atoms with E-state index in [4.69, 9.17) is 0 Å². The second kappa shape index (κ2) is 7.58. The van der Waals surface area contributed by atoms with E-state index in [9.17, 15) is 26.9 Å². The van der Waals surface area contributed by atoms with Crippen LogP contribution in [0.1, 0.15) is 12.0 Å². The van der Waals surface area contributed by atoms with Gasteiger partial charge in [0.2, 0.25) is 10.0 Å². The van der Waals surface area contributed by atoms with E-state index in [0.717, 1.165) is 6.07 Å². The fraction of sp³-hybridized carbons (Fsp3) is 0.400. The highest BCUT2D eigenvalue weighted by atomic mass is 32.2. The van der Waals surface area contributed by atoms with E-state index in [2.05, 4.69) is 9.97 Å². The number of rotatable bonds is 5. The molecule has 11 nitrogen and oxygen atoms in total. The van der Waals surface area contributed by atoms with E-state index in [0.29, 0.717) is 12.0 Å². The van der Waals surface area contributed by atoms with Crippen LogP contribution in [0.3, 0.4) is 0 Å². The number of nitrogens with one attached hydrogen (secondary N) is 1. The highest BCUT2D eigenvalue weighted by molar-refractivity contribution is 7.89. The average Bonchev–Trinajstić information content (AvgIpc) is 3.06. The highest BCUT2D eigenvalue weighted by Crippen LogP contribution is 2.26. The van der Waals surface area contributed by atoms with Crippen LogP contribution in [-0.2, 0) is 20.0 Å². The smallest absolute Gasteiger partial charge is 0.270 e. The molecule has 0 saturated carbocycles. The molecule has 13 heteroatoms. The third-order valence-electron chi connectivity index (χ3n) is 4.51. The van der Waals surface area contributed by atoms with Gasteiger partial charge in [0, 0.05) is 38.3 Å². The topological polar surface area (TPSA) is 147 Å². The van der Waals surface area contributed by atoms with Crippen LogP contribution in [0.15, 0.2) is 40.6 Å². The molecule has 2 heterocycles. The summed E-state index contributed by atoms with van der Waals surface area (Å²) in [5.41, 5.74) is 0.0687. The van der Waals surface area contributed by atoms with Gasteiger partial charge in [0.15, 0.2) is 5.03 Å². The van der Waals surface area contributed by atoms with E-state index < -0.39 is 25.0 Å². The number of sulfonamides is 2. The Morgan fingerprint density at radius 3 is 2.29 bits per heavy atom. The summed E-state index contributed by atoms with van der Waals surface area (Å²) in [7, 11) is -7.80. The monoisotopic (exact) mass is 429 g/mol. The first kappa shape index (κ1) is 20.4. The lowest BCUT2D eigenvalue weighted by atomic mass is 10.2. The van der Waals surface area contributed by atoms with E-state index >= 15 is 0 Å². The first-order valence-corrected chi connectivity index (χ1v) is 11.3. The van der Waals surface area contributed by atoms with Crippen LogP contribution in [0.4, 0.5) is 5.69 Å². The quantitative estimate of drug-likeness (QED) is 0.544. The lowest BCUT2D eigenvalue weighted by Gasteiger charge is -2.22. The van der Waals surface area contributed by atoms with E-state index in [1.807, 2.05) is 0 Å². The van der Waals surface area contributed by atoms with Crippen molar-refractivity contribution in [1.29, 1.82) is 0 Å². The summed E-state index contributed by atoms with van der Waals surface area (Å²) in [5.74, 6) is 0. The fourth-order valence-corrected chi connectivity index (χ4v) is 6.07. The third-order valence-corrected chi connectivity index (χ3v) is 8.37. The number of imidazole rings is 1. The summed E-state index contributed by atoms with van der Waals surface area (Å²) in [4.78, 5) is 16.5. The standard InChI is InChI=1S/C15H19N5O6S2/c1-12-3-4-13(20(21)22)9-14(12)27(23,24)18-5-2-6-19(8-7-18)28(25,26)15-10-16-11-17-15/h3-4,9-11H,2,5-8H2,1H3,(H,16,17). The number of nitro groups is 1. The van der Waals surface area contributed by atoms with Crippen LogP contribution in [0.5, 0.6) is 0 Å². The number of nitro benzene ring substituents is 1. The van der Waals surface area contributed by atoms with Gasteiger partial charge in [-0.2, -0.15) is 8.61 Å². The van der Waals surface area contributed by atoms with Gasteiger partial charge in [-0.1, -0.05) is 6.07 Å². The van der Waals surface area contributed by atoms with Crippen LogP contribution in [0.2, 0.25) is 0 Å². The summed E-state index contributed by atoms with van der Waals surface area (Å²) in [6.07, 6.45) is 2.74. The minimum atomic E-state index is -4.01. The first-order valence-electron chi connectivity index (χ1n) is 8.38. The number of aromatic nitrogens is 2. The molecule has 0 amide bonds. The zero-order valence-electron chi connectivity index (χ0n) is 15.0. The molecule has 0 spiro atoms. The number of hydrogen-bond acceptors (Lipinski definition) is 7. The Hall–Kier alpha value is -2.35. The van der Waals surface area contributed by atoms with Gasteiger partial charge in [-0.05, 0) is 18.9 Å². The van der Waals surface area contributed by atoms with Crippen molar-refractivity contribution in [1.82, 2.24) is 18.6 Å². The molecule has 1 fully saturated rings. The molecule has 1 aromatic heterocycles. The Kier molecular flexibility index (Phi) is 5.52. The maximum Gasteiger partial charge on any atom is 0.270 e. The number of hydrogen-bond donors (Lipinski definition) is 1. The van der Waals surface area contributed by atoms with Crippen molar-refractivity contribution < 1.29 is 21.8 Å². The predicted molar refractivity (Wildman–Crippen MR) is 98.6 cm³/mol. The Labute approximate surface area is 162 Å². The average molecular weight is 429 g/mol. The maximum absolute atomic E-state index is 13.0. The van der Waals surface area contributed by atoms with E-state index in [1.54, 1.807) is 6.92 Å². The van der Waals surface area contributed by atoms with Gasteiger partial charge in [-0.3, -0.25) is 10.1 Å². The largest absolute Gasteiger partial charge is 0.335 e. The zero-order valence-corrected chi connectivity index (χ0v) is 16.6. The number of nitrogens with zero attached hydrogens (tertiary/aromatic N) is 4. The van der Waals surface area contributed by atoms with Gasteiger partial charge in [0.05, 0.1) is 22.3 Å². The number of aryl methyl sites for hydroxylation is 1. The summed E-state index contributed by atoms with van der Waals surface area (Å²) in [5, 5.41) is 10.9. The number of H-pyrrole nitrogens is 1. The zero-order chi connectivity index (χ0) is 20.5. The van der Waals surface area contributed by atoms with Crippen molar-refractivity contribution in [2.75, 3.05) is 26.2 Å². The molecule has 152 valence electrons. The van der Waals surface area contributed by atoms with Crippen LogP contribution in [0.25, 0.3) is 0 Å². The van der Waals surface area contributed by atoms with Crippen molar-refractivity contribution in [2.45, 2.75) is 23.3 Å². The van der Waals surface area contributed by atoms with Crippen LogP contribution in [0, 0.1) is 17.0 Å². The summed E-state index contributed by atoms with van der Waals surface area (Å²) in [6.45, 7) is 1.73. The molecule has 1 aromatic carbocycles. The van der Waals surface area contributed by atoms with Crippen molar-refractivity contribution >= 4 is 25.7 Å².